The minimum atomic E-state index is -4.09. The van der Waals surface area contributed by atoms with Gasteiger partial charge < -0.3 is 14.2 Å². The van der Waals surface area contributed by atoms with Crippen molar-refractivity contribution in [1.29, 1.82) is 0 Å². The van der Waals surface area contributed by atoms with E-state index in [1.165, 1.54) is 39.7 Å². The molecule has 0 aliphatic carbocycles. The highest BCUT2D eigenvalue weighted by atomic mass is 35.5. The molecule has 38 heavy (non-hydrogen) atoms. The van der Waals surface area contributed by atoms with Crippen LogP contribution in [0.1, 0.15) is 16.7 Å². The number of sulfonamides is 1. The molecule has 0 saturated carbocycles. The zero-order valence-electron chi connectivity index (χ0n) is 21.2. The Morgan fingerprint density at radius 3 is 2.08 bits per heavy atom. The molecule has 0 spiro atoms. The van der Waals surface area contributed by atoms with Crippen LogP contribution < -0.4 is 19.6 Å². The lowest BCUT2D eigenvalue weighted by Gasteiger charge is -2.22. The smallest absolute Gasteiger partial charge is 0.255 e. The number of carbonyl (C=O) groups excluding carboxylic acids is 1. The molecule has 0 heterocycles. The number of benzene rings is 3. The summed E-state index contributed by atoms with van der Waals surface area (Å²) in [5, 5.41) is 4.52. The number of hydrazone groups is 1. The number of amides is 1. The largest absolute Gasteiger partial charge is 0.493 e. The van der Waals surface area contributed by atoms with Crippen LogP contribution in [-0.2, 0) is 21.4 Å². The normalized spacial score (nSPS) is 11.6. The van der Waals surface area contributed by atoms with Gasteiger partial charge in [0.05, 0.1) is 39.0 Å². The standard InChI is InChI=1S/C26H27Cl2N3O6S/c1-17-8-10-19(11-9-17)38(33,34)31(15-20-21(27)6-5-7-22(20)28)16-25(32)30-29-14-18-12-23(35-2)26(37-4)24(13-18)36-3/h5-14H,15-16H2,1-4H3,(H,30,32)/b29-14-. The Labute approximate surface area is 232 Å². The molecule has 0 atom stereocenters. The maximum Gasteiger partial charge on any atom is 0.255 e. The number of nitrogens with one attached hydrogen (secondary N) is 1. The SMILES string of the molecule is COc1cc(/C=N\NC(=O)CN(Cc2c(Cl)cccc2Cl)S(=O)(=O)c2ccc(C)cc2)cc(OC)c1OC. The molecule has 0 bridgehead atoms. The van der Waals surface area contributed by atoms with E-state index in [4.69, 9.17) is 37.4 Å². The minimum Gasteiger partial charge on any atom is -0.493 e. The summed E-state index contributed by atoms with van der Waals surface area (Å²) in [6, 6.07) is 14.4. The van der Waals surface area contributed by atoms with E-state index in [2.05, 4.69) is 10.5 Å². The van der Waals surface area contributed by atoms with Crippen LogP contribution in [0, 0.1) is 6.92 Å². The molecular formula is C26H27Cl2N3O6S. The van der Waals surface area contributed by atoms with Gasteiger partial charge in [0, 0.05) is 27.7 Å². The van der Waals surface area contributed by atoms with Gasteiger partial charge in [-0.1, -0.05) is 47.0 Å². The van der Waals surface area contributed by atoms with Crippen LogP contribution in [0.15, 0.2) is 64.6 Å². The summed E-state index contributed by atoms with van der Waals surface area (Å²) in [5.41, 5.74) is 4.17. The molecule has 0 aromatic heterocycles. The molecule has 3 rings (SSSR count). The first-order valence-electron chi connectivity index (χ1n) is 11.2. The van der Waals surface area contributed by atoms with E-state index < -0.39 is 22.5 Å². The van der Waals surface area contributed by atoms with Crippen molar-refractivity contribution in [3.8, 4) is 17.2 Å². The molecule has 202 valence electrons. The van der Waals surface area contributed by atoms with Crippen molar-refractivity contribution >= 4 is 45.3 Å². The maximum absolute atomic E-state index is 13.5. The highest BCUT2D eigenvalue weighted by Gasteiger charge is 2.28. The van der Waals surface area contributed by atoms with Crippen molar-refractivity contribution in [2.75, 3.05) is 27.9 Å². The zero-order chi connectivity index (χ0) is 27.9. The number of nitrogens with zero attached hydrogens (tertiary/aromatic N) is 2. The quantitative estimate of drug-likeness (QED) is 0.261. The Bertz CT molecular complexity index is 1380. The van der Waals surface area contributed by atoms with Crippen LogP contribution in [0.4, 0.5) is 0 Å². The van der Waals surface area contributed by atoms with Gasteiger partial charge in [-0.2, -0.15) is 9.41 Å². The Hall–Kier alpha value is -3.31. The van der Waals surface area contributed by atoms with Gasteiger partial charge in [-0.25, -0.2) is 13.8 Å². The average Bonchev–Trinajstić information content (AvgIpc) is 2.89. The van der Waals surface area contributed by atoms with Crippen LogP contribution in [-0.4, -0.2) is 52.7 Å². The van der Waals surface area contributed by atoms with E-state index in [0.717, 1.165) is 9.87 Å². The number of aryl methyl sites for hydroxylation is 1. The van der Waals surface area contributed by atoms with Crippen molar-refractivity contribution in [2.45, 2.75) is 18.4 Å². The Morgan fingerprint density at radius 1 is 0.974 bits per heavy atom. The van der Waals surface area contributed by atoms with E-state index in [1.807, 2.05) is 6.92 Å². The van der Waals surface area contributed by atoms with Crippen molar-refractivity contribution in [1.82, 2.24) is 9.73 Å². The third kappa shape index (κ3) is 6.96. The predicted octanol–water partition coefficient (Wildman–Crippen LogP) is 4.67. The monoisotopic (exact) mass is 579 g/mol. The summed E-state index contributed by atoms with van der Waals surface area (Å²) in [5.74, 6) is 0.553. The van der Waals surface area contributed by atoms with Crippen LogP contribution in [0.25, 0.3) is 0 Å². The number of methoxy groups -OCH3 is 3. The van der Waals surface area contributed by atoms with Crippen molar-refractivity contribution in [2.24, 2.45) is 5.10 Å². The number of ether oxygens (including phenoxy) is 3. The first kappa shape index (κ1) is 29.2. The lowest BCUT2D eigenvalue weighted by molar-refractivity contribution is -0.121. The molecule has 0 radical (unpaired) electrons. The summed E-state index contributed by atoms with van der Waals surface area (Å²) in [4.78, 5) is 12.8. The summed E-state index contributed by atoms with van der Waals surface area (Å²) < 4.78 is 43.9. The number of rotatable bonds is 11. The fourth-order valence-corrected chi connectivity index (χ4v) is 5.38. The van der Waals surface area contributed by atoms with E-state index >= 15 is 0 Å². The highest BCUT2D eigenvalue weighted by Crippen LogP contribution is 2.37. The van der Waals surface area contributed by atoms with Crippen molar-refractivity contribution in [3.05, 3.63) is 81.3 Å². The topological polar surface area (TPSA) is 107 Å². The van der Waals surface area contributed by atoms with Crippen LogP contribution in [0.3, 0.4) is 0 Å². The molecular weight excluding hydrogens is 553 g/mol. The molecule has 0 aliphatic rings. The second-order valence-corrected chi connectivity index (χ2v) is 10.8. The van der Waals surface area contributed by atoms with Crippen molar-refractivity contribution in [3.63, 3.8) is 0 Å². The predicted molar refractivity (Wildman–Crippen MR) is 147 cm³/mol. The molecule has 3 aromatic carbocycles. The Morgan fingerprint density at radius 2 is 1.55 bits per heavy atom. The molecule has 1 N–H and O–H groups in total. The van der Waals surface area contributed by atoms with Gasteiger partial charge in [-0.15, -0.1) is 0 Å². The third-order valence-corrected chi connectivity index (χ3v) is 7.98. The molecule has 3 aromatic rings. The highest BCUT2D eigenvalue weighted by molar-refractivity contribution is 7.89. The molecule has 12 heteroatoms. The number of hydrogen-bond acceptors (Lipinski definition) is 7. The van der Waals surface area contributed by atoms with E-state index in [-0.39, 0.29) is 21.5 Å². The molecule has 9 nitrogen and oxygen atoms in total. The lowest BCUT2D eigenvalue weighted by Crippen LogP contribution is -2.39. The van der Waals surface area contributed by atoms with Gasteiger partial charge in [-0.05, 0) is 43.3 Å². The number of halogens is 2. The fraction of sp³-hybridized carbons (Fsp3) is 0.231. The van der Waals surface area contributed by atoms with Crippen LogP contribution >= 0.6 is 23.2 Å². The van der Waals surface area contributed by atoms with Crippen molar-refractivity contribution < 1.29 is 27.4 Å². The summed E-state index contributed by atoms with van der Waals surface area (Å²) in [6.45, 7) is 1.08. The van der Waals surface area contributed by atoms with Gasteiger partial charge in [-0.3, -0.25) is 4.79 Å². The minimum absolute atomic E-state index is 0.0278. The first-order valence-corrected chi connectivity index (χ1v) is 13.4. The number of carbonyl (C=O) groups is 1. The van der Waals surface area contributed by atoms with Gasteiger partial charge in [0.25, 0.3) is 5.91 Å². The summed E-state index contributed by atoms with van der Waals surface area (Å²) in [6.07, 6.45) is 1.37. The van der Waals surface area contributed by atoms with Gasteiger partial charge in [0.2, 0.25) is 15.8 Å². The van der Waals surface area contributed by atoms with E-state index in [1.54, 1.807) is 42.5 Å². The molecule has 1 amide bonds. The number of hydrogen-bond donors (Lipinski definition) is 1. The molecule has 0 fully saturated rings. The van der Waals surface area contributed by atoms with Crippen LogP contribution in [0.5, 0.6) is 17.2 Å². The molecule has 0 aliphatic heterocycles. The van der Waals surface area contributed by atoms with Gasteiger partial charge in [0.1, 0.15) is 0 Å². The first-order chi connectivity index (χ1) is 18.1. The molecule has 0 saturated heterocycles. The Kier molecular flexibility index (Phi) is 9.98. The average molecular weight is 580 g/mol. The zero-order valence-corrected chi connectivity index (χ0v) is 23.5. The third-order valence-electron chi connectivity index (χ3n) is 5.46. The van der Waals surface area contributed by atoms with Gasteiger partial charge in [0.15, 0.2) is 11.5 Å². The summed E-state index contributed by atoms with van der Waals surface area (Å²) >= 11 is 12.6. The second-order valence-electron chi connectivity index (χ2n) is 8.04. The Balaban J connectivity index is 1.85. The second kappa shape index (κ2) is 13.0. The molecule has 0 unspecified atom stereocenters. The van der Waals surface area contributed by atoms with Gasteiger partial charge >= 0.3 is 0 Å². The van der Waals surface area contributed by atoms with E-state index in [0.29, 0.717) is 28.4 Å². The van der Waals surface area contributed by atoms with E-state index in [9.17, 15) is 13.2 Å². The fourth-order valence-electron chi connectivity index (χ4n) is 3.50. The maximum atomic E-state index is 13.5. The lowest BCUT2D eigenvalue weighted by atomic mass is 10.2. The summed E-state index contributed by atoms with van der Waals surface area (Å²) in [7, 11) is 0.356. The van der Waals surface area contributed by atoms with Crippen LogP contribution in [0.2, 0.25) is 10.0 Å².